The Morgan fingerprint density at radius 1 is 1.50 bits per heavy atom. The molecule has 2 N–H and O–H groups in total. The third-order valence-electron chi connectivity index (χ3n) is 0.521. The van der Waals surface area contributed by atoms with Gasteiger partial charge in [0.25, 0.3) is 0 Å². The Bertz CT molecular complexity index is 145. The van der Waals surface area contributed by atoms with Crippen molar-refractivity contribution in [1.82, 2.24) is 5.48 Å². The lowest BCUT2D eigenvalue weighted by Crippen LogP contribution is -2.34. The molecular formula is C5H14NO3P. The molecule has 0 saturated heterocycles. The SMILES string of the molecule is CC(C)(C)NOP(C)(=O)O. The molecule has 0 aromatic rings. The minimum atomic E-state index is -3.37. The van der Waals surface area contributed by atoms with Gasteiger partial charge in [-0.05, 0) is 20.8 Å². The smallest absolute Gasteiger partial charge is 0.324 e. The molecule has 5 heteroatoms. The molecule has 62 valence electrons. The highest BCUT2D eigenvalue weighted by Gasteiger charge is 2.16. The van der Waals surface area contributed by atoms with Crippen LogP contribution in [0.1, 0.15) is 20.8 Å². The topological polar surface area (TPSA) is 58.6 Å². The van der Waals surface area contributed by atoms with Crippen molar-refractivity contribution < 1.29 is 14.1 Å². The predicted octanol–water partition coefficient (Wildman–Crippen LogP) is 1.12. The summed E-state index contributed by atoms with van der Waals surface area (Å²) in [6, 6.07) is 0. The molecule has 0 rings (SSSR count). The van der Waals surface area contributed by atoms with Crippen molar-refractivity contribution in [2.75, 3.05) is 6.66 Å². The van der Waals surface area contributed by atoms with Gasteiger partial charge in [-0.15, -0.1) is 0 Å². The van der Waals surface area contributed by atoms with Gasteiger partial charge in [-0.3, -0.25) is 4.57 Å². The van der Waals surface area contributed by atoms with E-state index >= 15 is 0 Å². The van der Waals surface area contributed by atoms with Crippen LogP contribution >= 0.6 is 7.60 Å². The molecular weight excluding hydrogens is 153 g/mol. The van der Waals surface area contributed by atoms with Crippen LogP contribution in [0.4, 0.5) is 0 Å². The summed E-state index contributed by atoms with van der Waals surface area (Å²) in [6.45, 7) is 6.64. The summed E-state index contributed by atoms with van der Waals surface area (Å²) in [4.78, 5) is 8.65. The standard InChI is InChI=1S/C5H14NO3P/c1-5(2,3)6-9-10(4,7)8/h6H,1-4H3,(H,7,8). The second kappa shape index (κ2) is 3.01. The van der Waals surface area contributed by atoms with Crippen molar-refractivity contribution in [3.05, 3.63) is 0 Å². The number of hydrogen-bond acceptors (Lipinski definition) is 3. The Labute approximate surface area is 61.1 Å². The van der Waals surface area contributed by atoms with Crippen LogP contribution in [0, 0.1) is 0 Å². The van der Waals surface area contributed by atoms with E-state index in [9.17, 15) is 4.57 Å². The lowest BCUT2D eigenvalue weighted by atomic mass is 10.1. The average molecular weight is 167 g/mol. The van der Waals surface area contributed by atoms with E-state index in [2.05, 4.69) is 10.1 Å². The lowest BCUT2D eigenvalue weighted by molar-refractivity contribution is 0.104. The maximum absolute atomic E-state index is 10.5. The number of hydrogen-bond donors (Lipinski definition) is 2. The number of rotatable bonds is 2. The molecule has 0 aromatic carbocycles. The van der Waals surface area contributed by atoms with Gasteiger partial charge in [-0.25, -0.2) is 4.62 Å². The van der Waals surface area contributed by atoms with Gasteiger partial charge in [0.1, 0.15) is 0 Å². The fourth-order valence-electron chi connectivity index (χ4n) is 0.222. The second-order valence-electron chi connectivity index (χ2n) is 3.25. The largest absolute Gasteiger partial charge is 0.341 e. The molecule has 10 heavy (non-hydrogen) atoms. The molecule has 0 bridgehead atoms. The molecule has 0 amide bonds. The van der Waals surface area contributed by atoms with E-state index in [4.69, 9.17) is 4.89 Å². The van der Waals surface area contributed by atoms with Crippen LogP contribution in [0.25, 0.3) is 0 Å². The number of hydroxylamine groups is 1. The first-order valence-electron chi connectivity index (χ1n) is 2.97. The first-order chi connectivity index (χ1) is 4.21. The van der Waals surface area contributed by atoms with Crippen LogP contribution in [0.15, 0.2) is 0 Å². The van der Waals surface area contributed by atoms with E-state index in [1.54, 1.807) is 0 Å². The summed E-state index contributed by atoms with van der Waals surface area (Å²) in [7, 11) is -3.37. The van der Waals surface area contributed by atoms with Gasteiger partial charge in [-0.1, -0.05) is 0 Å². The Hall–Kier alpha value is 0.110. The van der Waals surface area contributed by atoms with Crippen molar-refractivity contribution >= 4 is 7.60 Å². The molecule has 0 aliphatic carbocycles. The van der Waals surface area contributed by atoms with Crippen molar-refractivity contribution in [3.8, 4) is 0 Å². The minimum Gasteiger partial charge on any atom is -0.324 e. The third-order valence-corrected chi connectivity index (χ3v) is 0.951. The first kappa shape index (κ1) is 10.1. The molecule has 4 nitrogen and oxygen atoms in total. The van der Waals surface area contributed by atoms with Crippen LogP contribution < -0.4 is 5.48 Å². The fourth-order valence-corrected chi connectivity index (χ4v) is 0.665. The van der Waals surface area contributed by atoms with Crippen LogP contribution in [0.3, 0.4) is 0 Å². The third kappa shape index (κ3) is 8.11. The van der Waals surface area contributed by atoms with E-state index < -0.39 is 7.60 Å². The highest BCUT2D eigenvalue weighted by molar-refractivity contribution is 7.51. The molecule has 0 aliphatic rings. The van der Waals surface area contributed by atoms with Crippen molar-refractivity contribution in [1.29, 1.82) is 0 Å². The van der Waals surface area contributed by atoms with Crippen LogP contribution in [-0.4, -0.2) is 17.1 Å². The summed E-state index contributed by atoms with van der Waals surface area (Å²) >= 11 is 0. The predicted molar refractivity (Wildman–Crippen MR) is 39.7 cm³/mol. The lowest BCUT2D eigenvalue weighted by Gasteiger charge is -2.20. The van der Waals surface area contributed by atoms with E-state index in [0.29, 0.717) is 0 Å². The quantitative estimate of drug-likeness (QED) is 0.478. The summed E-state index contributed by atoms with van der Waals surface area (Å²) < 4.78 is 15.0. The van der Waals surface area contributed by atoms with Gasteiger partial charge >= 0.3 is 7.60 Å². The molecule has 0 aliphatic heterocycles. The molecule has 0 radical (unpaired) electrons. The van der Waals surface area contributed by atoms with Crippen molar-refractivity contribution in [2.24, 2.45) is 0 Å². The van der Waals surface area contributed by atoms with Gasteiger partial charge in [0.05, 0.1) is 0 Å². The summed E-state index contributed by atoms with van der Waals surface area (Å²) in [5.74, 6) is 0. The van der Waals surface area contributed by atoms with Crippen LogP contribution in [0.5, 0.6) is 0 Å². The molecule has 0 fully saturated rings. The monoisotopic (exact) mass is 167 g/mol. The van der Waals surface area contributed by atoms with Gasteiger partial charge < -0.3 is 4.89 Å². The zero-order chi connectivity index (χ0) is 8.41. The zero-order valence-corrected chi connectivity index (χ0v) is 7.61. The maximum Gasteiger partial charge on any atom is 0.341 e. The van der Waals surface area contributed by atoms with E-state index in [0.717, 1.165) is 6.66 Å². The molecule has 0 heterocycles. The highest BCUT2D eigenvalue weighted by atomic mass is 31.2. The molecule has 0 saturated carbocycles. The zero-order valence-electron chi connectivity index (χ0n) is 6.71. The normalized spacial score (nSPS) is 18.5. The second-order valence-corrected chi connectivity index (χ2v) is 5.03. The van der Waals surface area contributed by atoms with E-state index in [1.165, 1.54) is 0 Å². The van der Waals surface area contributed by atoms with Crippen LogP contribution in [0.2, 0.25) is 0 Å². The highest BCUT2D eigenvalue weighted by Crippen LogP contribution is 2.35. The summed E-state index contributed by atoms with van der Waals surface area (Å²) in [5.41, 5.74) is 2.15. The summed E-state index contributed by atoms with van der Waals surface area (Å²) in [6.07, 6.45) is 0. The number of nitrogens with one attached hydrogen (secondary N) is 1. The molecule has 0 aromatic heterocycles. The molecule has 0 spiro atoms. The first-order valence-corrected chi connectivity index (χ1v) is 4.99. The van der Waals surface area contributed by atoms with Gasteiger partial charge in [0.15, 0.2) is 0 Å². The maximum atomic E-state index is 10.5. The van der Waals surface area contributed by atoms with Gasteiger partial charge in [0.2, 0.25) is 0 Å². The van der Waals surface area contributed by atoms with Crippen molar-refractivity contribution in [2.45, 2.75) is 26.3 Å². The Morgan fingerprint density at radius 3 is 2.00 bits per heavy atom. The van der Waals surface area contributed by atoms with Crippen LogP contribution in [-0.2, 0) is 9.19 Å². The minimum absolute atomic E-state index is 0.297. The molecule has 1 atom stereocenters. The Balaban J connectivity index is 3.67. The van der Waals surface area contributed by atoms with E-state index in [-0.39, 0.29) is 5.54 Å². The summed E-state index contributed by atoms with van der Waals surface area (Å²) in [5, 5.41) is 0. The molecule has 1 unspecified atom stereocenters. The van der Waals surface area contributed by atoms with Gasteiger partial charge in [-0.2, -0.15) is 5.48 Å². The van der Waals surface area contributed by atoms with Crippen molar-refractivity contribution in [3.63, 3.8) is 0 Å². The fraction of sp³-hybridized carbons (Fsp3) is 1.00. The van der Waals surface area contributed by atoms with Gasteiger partial charge in [0, 0.05) is 12.2 Å². The Kier molecular flexibility index (Phi) is 3.04. The van der Waals surface area contributed by atoms with E-state index in [1.807, 2.05) is 20.8 Å². The Morgan fingerprint density at radius 2 is 1.90 bits per heavy atom. The average Bonchev–Trinajstić information content (AvgIpc) is 1.57.